The topological polar surface area (TPSA) is 32.7 Å². The van der Waals surface area contributed by atoms with E-state index in [-0.39, 0.29) is 0 Å². The van der Waals surface area contributed by atoms with Gasteiger partial charge in [0.1, 0.15) is 18.1 Å². The number of rotatable bonds is 2. The Morgan fingerprint density at radius 1 is 1.14 bits per heavy atom. The Balaban J connectivity index is 1.89. The van der Waals surface area contributed by atoms with Gasteiger partial charge in [0, 0.05) is 6.54 Å². The summed E-state index contributed by atoms with van der Waals surface area (Å²) in [5, 5.41) is 9.38. The third-order valence-corrected chi connectivity index (χ3v) is 3.56. The Kier molecular flexibility index (Phi) is 3.60. The van der Waals surface area contributed by atoms with Crippen LogP contribution < -0.4 is 9.64 Å². The van der Waals surface area contributed by atoms with Crippen molar-refractivity contribution in [3.63, 3.8) is 0 Å². The maximum atomic E-state index is 12.9. The van der Waals surface area contributed by atoms with Gasteiger partial charge in [-0.25, -0.2) is 0 Å². The molecule has 0 spiro atoms. The summed E-state index contributed by atoms with van der Waals surface area (Å²) >= 11 is 0. The Morgan fingerprint density at radius 3 is 2.68 bits per heavy atom. The van der Waals surface area contributed by atoms with Gasteiger partial charge in [-0.15, -0.1) is 0 Å². The van der Waals surface area contributed by atoms with Crippen LogP contribution in [-0.4, -0.2) is 18.3 Å². The fourth-order valence-electron chi connectivity index (χ4n) is 2.52. The van der Waals surface area contributed by atoms with Gasteiger partial charge in [0.25, 0.3) is 0 Å². The Morgan fingerprint density at radius 2 is 1.91 bits per heavy atom. The first kappa shape index (κ1) is 14.6. The Labute approximate surface area is 125 Å². The molecule has 116 valence electrons. The zero-order valence-electron chi connectivity index (χ0n) is 11.6. The number of benzene rings is 2. The highest BCUT2D eigenvalue weighted by molar-refractivity contribution is 5.60. The fourth-order valence-corrected chi connectivity index (χ4v) is 2.52. The number of halogens is 3. The van der Waals surface area contributed by atoms with Crippen LogP contribution in [0.15, 0.2) is 42.5 Å². The third-order valence-electron chi connectivity index (χ3n) is 3.56. The molecule has 0 amide bonds. The van der Waals surface area contributed by atoms with E-state index in [9.17, 15) is 18.3 Å². The monoisotopic (exact) mass is 309 g/mol. The van der Waals surface area contributed by atoms with Gasteiger partial charge in [-0.2, -0.15) is 13.2 Å². The molecular formula is C16H14F3NO2. The van der Waals surface area contributed by atoms with Crippen molar-refractivity contribution in [3.05, 3.63) is 53.6 Å². The summed E-state index contributed by atoms with van der Waals surface area (Å²) in [6.45, 7) is 1.41. The molecule has 1 N–H and O–H groups in total. The molecular weight excluding hydrogens is 295 g/mol. The SMILES string of the molecule is Oc1ccc(CN2CCOc3ccccc32)cc1C(F)(F)F. The van der Waals surface area contributed by atoms with Crippen LogP contribution in [0.25, 0.3) is 0 Å². The number of phenolic OH excluding ortho intramolecular Hbond substituents is 1. The lowest BCUT2D eigenvalue weighted by Crippen LogP contribution is -2.32. The number of hydrogen-bond donors (Lipinski definition) is 1. The summed E-state index contributed by atoms with van der Waals surface area (Å²) in [4.78, 5) is 1.96. The largest absolute Gasteiger partial charge is 0.507 e. The number of nitrogens with zero attached hydrogens (tertiary/aromatic N) is 1. The quantitative estimate of drug-likeness (QED) is 0.915. The van der Waals surface area contributed by atoms with Gasteiger partial charge in [-0.3, -0.25) is 0 Å². The van der Waals surface area contributed by atoms with Crippen molar-refractivity contribution < 1.29 is 23.0 Å². The molecule has 1 aliphatic heterocycles. The average Bonchev–Trinajstić information content (AvgIpc) is 2.48. The predicted molar refractivity (Wildman–Crippen MR) is 76.1 cm³/mol. The molecule has 0 atom stereocenters. The molecule has 6 heteroatoms. The fraction of sp³-hybridized carbons (Fsp3) is 0.250. The zero-order valence-corrected chi connectivity index (χ0v) is 11.6. The van der Waals surface area contributed by atoms with E-state index >= 15 is 0 Å². The van der Waals surface area contributed by atoms with Crippen LogP contribution in [0.1, 0.15) is 11.1 Å². The smallest absolute Gasteiger partial charge is 0.419 e. The highest BCUT2D eigenvalue weighted by Gasteiger charge is 2.34. The second-order valence-corrected chi connectivity index (χ2v) is 5.09. The number of fused-ring (bicyclic) bond motifs is 1. The van der Waals surface area contributed by atoms with Crippen molar-refractivity contribution in [2.24, 2.45) is 0 Å². The normalized spacial score (nSPS) is 14.4. The summed E-state index contributed by atoms with van der Waals surface area (Å²) in [7, 11) is 0. The van der Waals surface area contributed by atoms with Gasteiger partial charge in [0.15, 0.2) is 0 Å². The third kappa shape index (κ3) is 2.81. The minimum atomic E-state index is -4.57. The van der Waals surface area contributed by atoms with Gasteiger partial charge in [0.2, 0.25) is 0 Å². The minimum absolute atomic E-state index is 0.323. The van der Waals surface area contributed by atoms with E-state index in [1.807, 2.05) is 29.2 Å². The molecule has 0 aliphatic carbocycles. The molecule has 0 radical (unpaired) electrons. The number of para-hydroxylation sites is 2. The molecule has 0 saturated carbocycles. The standard InChI is InChI=1S/C16H14F3NO2/c17-16(18,19)12-9-11(5-6-14(12)21)10-20-7-8-22-15-4-2-1-3-13(15)20/h1-6,9,21H,7-8,10H2. The second-order valence-electron chi connectivity index (χ2n) is 5.09. The van der Waals surface area contributed by atoms with Crippen LogP contribution in [0.3, 0.4) is 0 Å². The molecule has 0 fully saturated rings. The van der Waals surface area contributed by atoms with Crippen LogP contribution in [0.2, 0.25) is 0 Å². The molecule has 0 bridgehead atoms. The van der Waals surface area contributed by atoms with Gasteiger partial charge in [0.05, 0.1) is 17.8 Å². The van der Waals surface area contributed by atoms with Gasteiger partial charge >= 0.3 is 6.18 Å². The van der Waals surface area contributed by atoms with Gasteiger partial charge in [-0.05, 0) is 29.8 Å². The minimum Gasteiger partial charge on any atom is -0.507 e. The summed E-state index contributed by atoms with van der Waals surface area (Å²) < 4.78 is 44.1. The van der Waals surface area contributed by atoms with Crippen molar-refractivity contribution >= 4 is 5.69 Å². The van der Waals surface area contributed by atoms with Crippen molar-refractivity contribution in [2.75, 3.05) is 18.1 Å². The van der Waals surface area contributed by atoms with Crippen molar-refractivity contribution in [3.8, 4) is 11.5 Å². The van der Waals surface area contributed by atoms with E-state index in [1.54, 1.807) is 0 Å². The number of anilines is 1. The van der Waals surface area contributed by atoms with Crippen LogP contribution in [0.4, 0.5) is 18.9 Å². The molecule has 0 saturated heterocycles. The molecule has 2 aromatic carbocycles. The van der Waals surface area contributed by atoms with Crippen LogP contribution in [0, 0.1) is 0 Å². The number of ether oxygens (including phenoxy) is 1. The van der Waals surface area contributed by atoms with Crippen molar-refractivity contribution in [1.29, 1.82) is 0 Å². The van der Waals surface area contributed by atoms with E-state index in [2.05, 4.69) is 0 Å². The molecule has 1 aliphatic rings. The molecule has 22 heavy (non-hydrogen) atoms. The van der Waals surface area contributed by atoms with Gasteiger partial charge < -0.3 is 14.7 Å². The van der Waals surface area contributed by atoms with Crippen LogP contribution in [0.5, 0.6) is 11.5 Å². The lowest BCUT2D eigenvalue weighted by Gasteiger charge is -2.31. The van der Waals surface area contributed by atoms with E-state index in [1.165, 1.54) is 6.07 Å². The number of aromatic hydroxyl groups is 1. The first-order valence-corrected chi connectivity index (χ1v) is 6.81. The maximum Gasteiger partial charge on any atom is 0.419 e. The molecule has 3 nitrogen and oxygen atoms in total. The summed E-state index contributed by atoms with van der Waals surface area (Å²) in [6.07, 6.45) is -4.57. The highest BCUT2D eigenvalue weighted by atomic mass is 19.4. The molecule has 3 rings (SSSR count). The zero-order chi connectivity index (χ0) is 15.7. The molecule has 1 heterocycles. The van der Waals surface area contributed by atoms with E-state index < -0.39 is 17.5 Å². The Hall–Kier alpha value is -2.37. The average molecular weight is 309 g/mol. The molecule has 0 unspecified atom stereocenters. The molecule has 0 aromatic heterocycles. The number of hydrogen-bond acceptors (Lipinski definition) is 3. The number of alkyl halides is 3. The summed E-state index contributed by atoms with van der Waals surface area (Å²) in [6, 6.07) is 11.0. The van der Waals surface area contributed by atoms with Crippen LogP contribution in [-0.2, 0) is 12.7 Å². The molecule has 2 aromatic rings. The highest BCUT2D eigenvalue weighted by Crippen LogP contribution is 2.37. The van der Waals surface area contributed by atoms with E-state index in [0.717, 1.165) is 23.6 Å². The lowest BCUT2D eigenvalue weighted by atomic mass is 10.1. The van der Waals surface area contributed by atoms with Crippen molar-refractivity contribution in [2.45, 2.75) is 12.7 Å². The van der Waals surface area contributed by atoms with Crippen molar-refractivity contribution in [1.82, 2.24) is 0 Å². The first-order valence-electron chi connectivity index (χ1n) is 6.81. The van der Waals surface area contributed by atoms with Crippen LogP contribution >= 0.6 is 0 Å². The van der Waals surface area contributed by atoms with Gasteiger partial charge in [-0.1, -0.05) is 18.2 Å². The predicted octanol–water partition coefficient (Wildman–Crippen LogP) is 3.81. The Bertz CT molecular complexity index is 685. The first-order chi connectivity index (χ1) is 10.4. The summed E-state index contributed by atoms with van der Waals surface area (Å²) in [5.74, 6) is -0.0257. The maximum absolute atomic E-state index is 12.9. The summed E-state index contributed by atoms with van der Waals surface area (Å²) in [5.41, 5.74) is 0.337. The number of phenols is 1. The second kappa shape index (κ2) is 5.44. The lowest BCUT2D eigenvalue weighted by molar-refractivity contribution is -0.138. The van der Waals surface area contributed by atoms with E-state index in [4.69, 9.17) is 4.74 Å². The van der Waals surface area contributed by atoms with E-state index in [0.29, 0.717) is 25.3 Å².